The van der Waals surface area contributed by atoms with E-state index >= 15 is 0 Å². The number of aromatic nitrogens is 2. The van der Waals surface area contributed by atoms with Crippen LogP contribution in [0.25, 0.3) is 5.69 Å². The summed E-state index contributed by atoms with van der Waals surface area (Å²) in [6.45, 7) is 0.346. The lowest BCUT2D eigenvalue weighted by Crippen LogP contribution is -2.38. The van der Waals surface area contributed by atoms with Gasteiger partial charge in [0.2, 0.25) is 0 Å². The molecule has 0 aliphatic carbocycles. The predicted molar refractivity (Wildman–Crippen MR) is 78.4 cm³/mol. The van der Waals surface area contributed by atoms with E-state index in [0.29, 0.717) is 18.7 Å². The minimum absolute atomic E-state index is 0.00718. The van der Waals surface area contributed by atoms with E-state index in [1.54, 1.807) is 24.1 Å². The highest BCUT2D eigenvalue weighted by Gasteiger charge is 2.15. The van der Waals surface area contributed by atoms with Crippen molar-refractivity contribution in [3.05, 3.63) is 48.3 Å². The molecule has 0 saturated carbocycles. The van der Waals surface area contributed by atoms with E-state index in [0.717, 1.165) is 5.69 Å². The van der Waals surface area contributed by atoms with Gasteiger partial charge in [0.15, 0.2) is 5.69 Å². The number of para-hydroxylation sites is 1. The molecule has 2 N–H and O–H groups in total. The maximum absolute atomic E-state index is 12.1. The van der Waals surface area contributed by atoms with Crippen LogP contribution >= 0.6 is 0 Å². The number of aliphatic hydroxyl groups excluding tert-OH is 1. The van der Waals surface area contributed by atoms with Gasteiger partial charge >= 0.3 is 0 Å². The zero-order chi connectivity index (χ0) is 15.1. The van der Waals surface area contributed by atoms with E-state index in [2.05, 4.69) is 10.4 Å². The first-order valence-corrected chi connectivity index (χ1v) is 6.76. The van der Waals surface area contributed by atoms with Gasteiger partial charge in [-0.2, -0.15) is 5.10 Å². The fourth-order valence-corrected chi connectivity index (χ4v) is 1.98. The molecular weight excluding hydrogens is 270 g/mol. The molecule has 1 atom stereocenters. The number of aliphatic hydroxyl groups is 1. The minimum atomic E-state index is -0.278. The number of ether oxygens (including phenoxy) is 1. The monoisotopic (exact) mass is 289 g/mol. The molecule has 0 spiro atoms. The Labute approximate surface area is 123 Å². The molecule has 112 valence electrons. The average molecular weight is 289 g/mol. The van der Waals surface area contributed by atoms with E-state index in [9.17, 15) is 4.79 Å². The minimum Gasteiger partial charge on any atom is -0.396 e. The zero-order valence-corrected chi connectivity index (χ0v) is 11.9. The Morgan fingerprint density at radius 3 is 2.81 bits per heavy atom. The molecule has 2 rings (SSSR count). The maximum Gasteiger partial charge on any atom is 0.272 e. The summed E-state index contributed by atoms with van der Waals surface area (Å²) >= 11 is 0. The molecule has 0 bridgehead atoms. The van der Waals surface area contributed by atoms with Crippen molar-refractivity contribution in [2.75, 3.05) is 20.3 Å². The number of methoxy groups -OCH3 is 1. The van der Waals surface area contributed by atoms with Crippen LogP contribution in [0, 0.1) is 0 Å². The first-order valence-electron chi connectivity index (χ1n) is 6.76. The smallest absolute Gasteiger partial charge is 0.272 e. The van der Waals surface area contributed by atoms with Gasteiger partial charge in [0.1, 0.15) is 0 Å². The van der Waals surface area contributed by atoms with Crippen molar-refractivity contribution in [1.82, 2.24) is 15.1 Å². The van der Waals surface area contributed by atoms with Gasteiger partial charge in [0, 0.05) is 19.9 Å². The third-order valence-electron chi connectivity index (χ3n) is 3.02. The first kappa shape index (κ1) is 15.2. The maximum atomic E-state index is 12.1. The highest BCUT2D eigenvalue weighted by Crippen LogP contribution is 2.07. The van der Waals surface area contributed by atoms with Gasteiger partial charge in [-0.3, -0.25) is 4.79 Å². The van der Waals surface area contributed by atoms with Crippen LogP contribution < -0.4 is 5.32 Å². The van der Waals surface area contributed by atoms with E-state index in [-0.39, 0.29) is 18.6 Å². The van der Waals surface area contributed by atoms with Gasteiger partial charge in [-0.15, -0.1) is 0 Å². The quantitative estimate of drug-likeness (QED) is 0.797. The number of amides is 1. The van der Waals surface area contributed by atoms with Crippen LogP contribution in [0.2, 0.25) is 0 Å². The molecular formula is C15H19N3O3. The topological polar surface area (TPSA) is 76.4 Å². The first-order chi connectivity index (χ1) is 10.2. The van der Waals surface area contributed by atoms with E-state index in [1.165, 1.54) is 0 Å². The normalized spacial score (nSPS) is 12.1. The van der Waals surface area contributed by atoms with Crippen molar-refractivity contribution in [2.45, 2.75) is 12.5 Å². The zero-order valence-electron chi connectivity index (χ0n) is 11.9. The Morgan fingerprint density at radius 1 is 1.38 bits per heavy atom. The Hall–Kier alpha value is -2.18. The second kappa shape index (κ2) is 7.56. The summed E-state index contributed by atoms with van der Waals surface area (Å²) in [5, 5.41) is 16.0. The van der Waals surface area contributed by atoms with E-state index in [4.69, 9.17) is 9.84 Å². The molecule has 6 heteroatoms. The number of carbonyl (C=O) groups excluding carboxylic acids is 1. The average Bonchev–Trinajstić information content (AvgIpc) is 2.98. The van der Waals surface area contributed by atoms with E-state index in [1.807, 2.05) is 30.3 Å². The SMILES string of the molecule is COCC(CCO)NC(=O)c1ccn(-c2ccccc2)n1. The number of rotatable bonds is 7. The van der Waals surface area contributed by atoms with Gasteiger partial charge < -0.3 is 15.2 Å². The number of benzene rings is 1. The number of nitrogens with zero attached hydrogens (tertiary/aromatic N) is 2. The van der Waals surface area contributed by atoms with Crippen molar-refractivity contribution >= 4 is 5.91 Å². The molecule has 0 aliphatic heterocycles. The molecule has 21 heavy (non-hydrogen) atoms. The molecule has 0 saturated heterocycles. The second-order valence-electron chi connectivity index (χ2n) is 4.62. The number of carbonyl (C=O) groups is 1. The van der Waals surface area contributed by atoms with Crippen molar-refractivity contribution in [3.8, 4) is 5.69 Å². The van der Waals surface area contributed by atoms with Crippen LogP contribution in [0.5, 0.6) is 0 Å². The standard InChI is InChI=1S/C15H19N3O3/c1-21-11-12(8-10-19)16-15(20)14-7-9-18(17-14)13-5-3-2-4-6-13/h2-7,9,12,19H,8,10-11H2,1H3,(H,16,20). The van der Waals surface area contributed by atoms with Crippen LogP contribution in [0.15, 0.2) is 42.6 Å². The van der Waals surface area contributed by atoms with Crippen molar-refractivity contribution in [3.63, 3.8) is 0 Å². The Bertz CT molecular complexity index is 563. The van der Waals surface area contributed by atoms with Crippen LogP contribution in [0.1, 0.15) is 16.9 Å². The summed E-state index contributed by atoms with van der Waals surface area (Å²) in [7, 11) is 1.56. The van der Waals surface area contributed by atoms with Crippen LogP contribution in [-0.4, -0.2) is 47.2 Å². The predicted octanol–water partition coefficient (Wildman–Crippen LogP) is 0.999. The summed E-state index contributed by atoms with van der Waals surface area (Å²) in [6, 6.07) is 11.0. The summed E-state index contributed by atoms with van der Waals surface area (Å²) in [4.78, 5) is 12.1. The fraction of sp³-hybridized carbons (Fsp3) is 0.333. The van der Waals surface area contributed by atoms with Crippen LogP contribution in [0.4, 0.5) is 0 Å². The second-order valence-corrected chi connectivity index (χ2v) is 4.62. The summed E-state index contributed by atoms with van der Waals surface area (Å²) in [6.07, 6.45) is 2.18. The fourth-order valence-electron chi connectivity index (χ4n) is 1.98. The lowest BCUT2D eigenvalue weighted by atomic mass is 10.2. The molecule has 0 aliphatic rings. The molecule has 1 unspecified atom stereocenters. The Morgan fingerprint density at radius 2 is 2.14 bits per heavy atom. The van der Waals surface area contributed by atoms with Crippen molar-refractivity contribution < 1.29 is 14.6 Å². The summed E-state index contributed by atoms with van der Waals surface area (Å²) in [5.74, 6) is -0.278. The van der Waals surface area contributed by atoms with Crippen molar-refractivity contribution in [2.24, 2.45) is 0 Å². The molecule has 2 aromatic rings. The van der Waals surface area contributed by atoms with E-state index < -0.39 is 0 Å². The summed E-state index contributed by atoms with van der Waals surface area (Å²) < 4.78 is 6.66. The van der Waals surface area contributed by atoms with Gasteiger partial charge in [0.25, 0.3) is 5.91 Å². The third-order valence-corrected chi connectivity index (χ3v) is 3.02. The number of nitrogens with one attached hydrogen (secondary N) is 1. The van der Waals surface area contributed by atoms with Gasteiger partial charge in [-0.1, -0.05) is 18.2 Å². The highest BCUT2D eigenvalue weighted by atomic mass is 16.5. The molecule has 0 radical (unpaired) electrons. The van der Waals surface area contributed by atoms with Crippen LogP contribution in [0.3, 0.4) is 0 Å². The molecule has 1 heterocycles. The highest BCUT2D eigenvalue weighted by molar-refractivity contribution is 5.92. The molecule has 1 aromatic heterocycles. The van der Waals surface area contributed by atoms with Gasteiger partial charge in [-0.25, -0.2) is 4.68 Å². The van der Waals surface area contributed by atoms with Crippen molar-refractivity contribution in [1.29, 1.82) is 0 Å². The lowest BCUT2D eigenvalue weighted by Gasteiger charge is -2.15. The lowest BCUT2D eigenvalue weighted by molar-refractivity contribution is 0.0873. The van der Waals surface area contributed by atoms with Gasteiger partial charge in [-0.05, 0) is 24.6 Å². The molecule has 1 amide bonds. The molecule has 1 aromatic carbocycles. The third kappa shape index (κ3) is 4.14. The van der Waals surface area contributed by atoms with Gasteiger partial charge in [0.05, 0.1) is 18.3 Å². The molecule has 6 nitrogen and oxygen atoms in total. The Balaban J connectivity index is 2.05. The summed E-state index contributed by atoms with van der Waals surface area (Å²) in [5.41, 5.74) is 1.22. The Kier molecular flexibility index (Phi) is 5.48. The largest absolute Gasteiger partial charge is 0.396 e. The number of hydrogen-bond donors (Lipinski definition) is 2. The number of hydrogen-bond acceptors (Lipinski definition) is 4. The molecule has 0 fully saturated rings. The van der Waals surface area contributed by atoms with Crippen LogP contribution in [-0.2, 0) is 4.74 Å².